The molecule has 2 heterocycles. The van der Waals surface area contributed by atoms with E-state index in [9.17, 15) is 9.18 Å². The van der Waals surface area contributed by atoms with Crippen molar-refractivity contribution in [3.8, 4) is 5.69 Å². The minimum absolute atomic E-state index is 0.253. The van der Waals surface area contributed by atoms with Gasteiger partial charge in [0.1, 0.15) is 5.82 Å². The second kappa shape index (κ2) is 8.94. The van der Waals surface area contributed by atoms with Crippen molar-refractivity contribution in [2.75, 3.05) is 19.0 Å². The molecular formula is C27H24FN5O. The molecule has 0 radical (unpaired) electrons. The van der Waals surface area contributed by atoms with Crippen molar-refractivity contribution in [1.82, 2.24) is 14.6 Å². The Bertz CT molecular complexity index is 1310. The highest BCUT2D eigenvalue weighted by Gasteiger charge is 2.33. The van der Waals surface area contributed by atoms with Gasteiger partial charge < -0.3 is 9.47 Å². The number of anilines is 1. The van der Waals surface area contributed by atoms with Crippen molar-refractivity contribution in [3.63, 3.8) is 0 Å². The molecule has 1 aromatic heterocycles. The fourth-order valence-corrected chi connectivity index (χ4v) is 4.09. The van der Waals surface area contributed by atoms with E-state index in [1.54, 1.807) is 12.5 Å². The van der Waals surface area contributed by atoms with E-state index in [1.807, 2.05) is 78.3 Å². The average Bonchev–Trinajstić information content (AvgIpc) is 3.55. The molecule has 6 nitrogen and oxygen atoms in total. The van der Waals surface area contributed by atoms with E-state index in [1.165, 1.54) is 29.3 Å². The molecule has 1 aliphatic rings. The van der Waals surface area contributed by atoms with Crippen LogP contribution in [0, 0.1) is 5.82 Å². The van der Waals surface area contributed by atoms with Crippen LogP contribution in [-0.4, -0.2) is 40.3 Å². The van der Waals surface area contributed by atoms with Crippen LogP contribution in [-0.2, 0) is 0 Å². The Morgan fingerprint density at radius 3 is 2.29 bits per heavy atom. The molecule has 0 saturated heterocycles. The van der Waals surface area contributed by atoms with Crippen LogP contribution in [0.4, 0.5) is 10.1 Å². The summed E-state index contributed by atoms with van der Waals surface area (Å²) < 4.78 is 15.4. The first-order valence-electron chi connectivity index (χ1n) is 11.0. The minimum atomic E-state index is -0.379. The number of amides is 1. The van der Waals surface area contributed by atoms with Crippen LogP contribution < -0.4 is 4.90 Å². The summed E-state index contributed by atoms with van der Waals surface area (Å²) in [6, 6.07) is 21.5. The summed E-state index contributed by atoms with van der Waals surface area (Å²) >= 11 is 0. The zero-order valence-corrected chi connectivity index (χ0v) is 19.0. The van der Waals surface area contributed by atoms with E-state index in [4.69, 9.17) is 5.10 Å². The van der Waals surface area contributed by atoms with Crippen LogP contribution in [0.3, 0.4) is 0 Å². The van der Waals surface area contributed by atoms with Crippen molar-refractivity contribution < 1.29 is 9.18 Å². The van der Waals surface area contributed by atoms with Gasteiger partial charge in [0.2, 0.25) is 0 Å². The third kappa shape index (κ3) is 4.20. The van der Waals surface area contributed by atoms with Gasteiger partial charge in [-0.2, -0.15) is 5.10 Å². The van der Waals surface area contributed by atoms with Gasteiger partial charge in [0.15, 0.2) is 0 Å². The molecule has 4 aromatic rings. The standard InChI is InChI=1S/C27H24FN5O/c1-31(2)23-11-7-20(8-12-23)26-17-25(19-5-13-24(14-6-19)32-16-15-29-18-32)30-33(26)27(34)21-3-9-22(28)10-4-21/h3-16,18,26H,17H2,1-2H3. The van der Waals surface area contributed by atoms with Crippen LogP contribution in [0.1, 0.15) is 33.9 Å². The Morgan fingerprint density at radius 1 is 0.971 bits per heavy atom. The fraction of sp³-hybridized carbons (Fsp3) is 0.148. The SMILES string of the molecule is CN(C)c1ccc(C2CC(c3ccc(-n4ccnc4)cc3)=NN2C(=O)c2ccc(F)cc2)cc1. The highest BCUT2D eigenvalue weighted by Crippen LogP contribution is 2.35. The summed E-state index contributed by atoms with van der Waals surface area (Å²) in [6.45, 7) is 0. The van der Waals surface area contributed by atoms with Crippen LogP contribution in [0.2, 0.25) is 0 Å². The van der Waals surface area contributed by atoms with Crippen LogP contribution >= 0.6 is 0 Å². The van der Waals surface area contributed by atoms with Crippen LogP contribution in [0.15, 0.2) is 96.6 Å². The quantitative estimate of drug-likeness (QED) is 0.424. The van der Waals surface area contributed by atoms with Gasteiger partial charge in [0.05, 0.1) is 18.1 Å². The minimum Gasteiger partial charge on any atom is -0.378 e. The Balaban J connectivity index is 1.48. The van der Waals surface area contributed by atoms with E-state index in [0.29, 0.717) is 12.0 Å². The summed E-state index contributed by atoms with van der Waals surface area (Å²) in [5.74, 6) is -0.636. The number of hydrogen-bond acceptors (Lipinski definition) is 4. The fourth-order valence-electron chi connectivity index (χ4n) is 4.09. The van der Waals surface area contributed by atoms with Crippen LogP contribution in [0.25, 0.3) is 5.69 Å². The predicted molar refractivity (Wildman–Crippen MR) is 131 cm³/mol. The second-order valence-corrected chi connectivity index (χ2v) is 8.43. The molecule has 3 aromatic carbocycles. The number of rotatable bonds is 5. The van der Waals surface area contributed by atoms with E-state index in [0.717, 1.165) is 28.2 Å². The molecule has 0 fully saturated rings. The molecule has 0 spiro atoms. The van der Waals surface area contributed by atoms with Gasteiger partial charge in [-0.1, -0.05) is 24.3 Å². The number of carbonyl (C=O) groups is 1. The predicted octanol–water partition coefficient (Wildman–Crippen LogP) is 5.07. The van der Waals surface area contributed by atoms with E-state index in [-0.39, 0.29) is 17.8 Å². The van der Waals surface area contributed by atoms with Crippen LogP contribution in [0.5, 0.6) is 0 Å². The molecule has 170 valence electrons. The Morgan fingerprint density at radius 2 is 1.68 bits per heavy atom. The molecule has 0 aliphatic carbocycles. The number of carbonyl (C=O) groups excluding carboxylic acids is 1. The van der Waals surface area contributed by atoms with Gasteiger partial charge in [0.25, 0.3) is 5.91 Å². The van der Waals surface area contributed by atoms with Gasteiger partial charge in [0, 0.05) is 49.8 Å². The maximum absolute atomic E-state index is 13.4. The number of imidazole rings is 1. The maximum atomic E-state index is 13.4. The molecular weight excluding hydrogens is 429 g/mol. The largest absolute Gasteiger partial charge is 0.378 e. The molecule has 0 N–H and O–H groups in total. The molecule has 1 aliphatic heterocycles. The van der Waals surface area contributed by atoms with Gasteiger partial charge in [-0.05, 0) is 59.7 Å². The first kappa shape index (κ1) is 21.6. The van der Waals surface area contributed by atoms with E-state index in [2.05, 4.69) is 4.98 Å². The summed E-state index contributed by atoms with van der Waals surface area (Å²) in [5, 5.41) is 6.27. The van der Waals surface area contributed by atoms with Gasteiger partial charge in [-0.25, -0.2) is 14.4 Å². The van der Waals surface area contributed by atoms with Crippen molar-refractivity contribution in [3.05, 3.63) is 114 Å². The molecule has 0 saturated carbocycles. The Hall–Kier alpha value is -4.26. The second-order valence-electron chi connectivity index (χ2n) is 8.43. The first-order valence-corrected chi connectivity index (χ1v) is 11.0. The lowest BCUT2D eigenvalue weighted by Gasteiger charge is -2.23. The monoisotopic (exact) mass is 453 g/mol. The highest BCUT2D eigenvalue weighted by atomic mass is 19.1. The smallest absolute Gasteiger partial charge is 0.274 e. The third-order valence-electron chi connectivity index (χ3n) is 6.01. The summed E-state index contributed by atoms with van der Waals surface area (Å²) in [6.07, 6.45) is 5.95. The third-order valence-corrected chi connectivity index (χ3v) is 6.01. The number of halogens is 1. The number of nitrogens with zero attached hydrogens (tertiary/aromatic N) is 5. The Kier molecular flexibility index (Phi) is 5.67. The van der Waals surface area contributed by atoms with Crippen molar-refractivity contribution >= 4 is 17.3 Å². The molecule has 5 rings (SSSR count). The number of hydrazone groups is 1. The topological polar surface area (TPSA) is 53.7 Å². The lowest BCUT2D eigenvalue weighted by atomic mass is 9.97. The van der Waals surface area contributed by atoms with E-state index >= 15 is 0 Å². The molecule has 0 bridgehead atoms. The molecule has 7 heteroatoms. The lowest BCUT2D eigenvalue weighted by Crippen LogP contribution is -2.27. The van der Waals surface area contributed by atoms with Crippen molar-refractivity contribution in [2.45, 2.75) is 12.5 Å². The van der Waals surface area contributed by atoms with E-state index < -0.39 is 0 Å². The van der Waals surface area contributed by atoms with Crippen molar-refractivity contribution in [2.24, 2.45) is 5.10 Å². The lowest BCUT2D eigenvalue weighted by molar-refractivity contribution is 0.0711. The van der Waals surface area contributed by atoms with Gasteiger partial charge in [-0.15, -0.1) is 0 Å². The average molecular weight is 454 g/mol. The normalized spacial score (nSPS) is 15.3. The number of hydrogen-bond donors (Lipinski definition) is 0. The molecule has 34 heavy (non-hydrogen) atoms. The zero-order valence-electron chi connectivity index (χ0n) is 19.0. The summed E-state index contributed by atoms with van der Waals surface area (Å²) in [4.78, 5) is 19.5. The van der Waals surface area contributed by atoms with Crippen molar-refractivity contribution in [1.29, 1.82) is 0 Å². The highest BCUT2D eigenvalue weighted by molar-refractivity contribution is 6.05. The molecule has 1 amide bonds. The Labute approximate surface area is 197 Å². The van der Waals surface area contributed by atoms with Gasteiger partial charge in [-0.3, -0.25) is 4.79 Å². The number of aromatic nitrogens is 2. The first-order chi connectivity index (χ1) is 16.5. The maximum Gasteiger partial charge on any atom is 0.274 e. The zero-order chi connectivity index (χ0) is 23.7. The molecule has 1 unspecified atom stereocenters. The molecule has 1 atom stereocenters. The number of benzene rings is 3. The summed E-state index contributed by atoms with van der Waals surface area (Å²) in [5.41, 5.74) is 5.25. The van der Waals surface area contributed by atoms with Gasteiger partial charge >= 0.3 is 0 Å². The summed E-state index contributed by atoms with van der Waals surface area (Å²) in [7, 11) is 3.98.